The lowest BCUT2D eigenvalue weighted by Crippen LogP contribution is -2.33. The van der Waals surface area contributed by atoms with Crippen LogP contribution in [-0.4, -0.2) is 16.6 Å². The zero-order chi connectivity index (χ0) is 28.7. The molecule has 0 amide bonds. The quantitative estimate of drug-likeness (QED) is 0.151. The topological polar surface area (TPSA) is 35.0 Å². The number of aryl methyl sites for hydroxylation is 2. The van der Waals surface area contributed by atoms with Crippen molar-refractivity contribution in [3.05, 3.63) is 52.6 Å². The van der Waals surface area contributed by atoms with E-state index in [1.165, 1.54) is 31.7 Å². The Morgan fingerprint density at radius 1 is 0.925 bits per heavy atom. The average molecular weight is 563 g/mol. The third-order valence-corrected chi connectivity index (χ3v) is 9.16. The lowest BCUT2D eigenvalue weighted by atomic mass is 9.79. The highest BCUT2D eigenvalue weighted by Crippen LogP contribution is 2.51. The van der Waals surface area contributed by atoms with Crippen molar-refractivity contribution in [3.8, 4) is 5.75 Å². The Balaban J connectivity index is 1.33. The third kappa shape index (κ3) is 7.55. The fourth-order valence-corrected chi connectivity index (χ4v) is 6.17. The lowest BCUT2D eigenvalue weighted by molar-refractivity contribution is -0.0499. The van der Waals surface area contributed by atoms with E-state index in [2.05, 4.69) is 30.7 Å². The van der Waals surface area contributed by atoms with E-state index < -0.39 is 29.0 Å². The molecule has 222 valence electrons. The summed E-state index contributed by atoms with van der Waals surface area (Å²) >= 11 is 0. The molecular formula is C33H46F4N2O. The van der Waals surface area contributed by atoms with Gasteiger partial charge in [0.05, 0.1) is 18.1 Å². The van der Waals surface area contributed by atoms with Gasteiger partial charge in [-0.25, -0.2) is 23.1 Å². The molecule has 1 aromatic carbocycles. The summed E-state index contributed by atoms with van der Waals surface area (Å²) in [5.41, 5.74) is 0.125. The Morgan fingerprint density at radius 3 is 2.33 bits per heavy atom. The summed E-state index contributed by atoms with van der Waals surface area (Å²) in [5, 5.41) is 0. The molecule has 1 fully saturated rings. The Labute approximate surface area is 237 Å². The summed E-state index contributed by atoms with van der Waals surface area (Å²) in [6.07, 6.45) is 16.5. The van der Waals surface area contributed by atoms with Crippen molar-refractivity contribution in [1.82, 2.24) is 9.97 Å². The molecule has 3 atom stereocenters. The maximum absolute atomic E-state index is 15.6. The van der Waals surface area contributed by atoms with Crippen LogP contribution < -0.4 is 4.74 Å². The molecule has 3 unspecified atom stereocenters. The van der Waals surface area contributed by atoms with Gasteiger partial charge >= 0.3 is 0 Å². The van der Waals surface area contributed by atoms with Crippen LogP contribution in [0.25, 0.3) is 0 Å². The van der Waals surface area contributed by atoms with Crippen molar-refractivity contribution in [1.29, 1.82) is 0 Å². The molecule has 0 N–H and O–H groups in total. The van der Waals surface area contributed by atoms with Crippen molar-refractivity contribution in [2.24, 2.45) is 17.8 Å². The van der Waals surface area contributed by atoms with E-state index in [9.17, 15) is 4.39 Å². The molecule has 0 bridgehead atoms. The molecule has 0 saturated heterocycles. The predicted octanol–water partition coefficient (Wildman–Crippen LogP) is 9.71. The molecule has 0 radical (unpaired) electrons. The molecular weight excluding hydrogens is 516 g/mol. The van der Waals surface area contributed by atoms with Crippen LogP contribution in [0.2, 0.25) is 0 Å². The van der Waals surface area contributed by atoms with Crippen molar-refractivity contribution < 1.29 is 22.3 Å². The van der Waals surface area contributed by atoms with Crippen LogP contribution in [0.4, 0.5) is 17.6 Å². The minimum atomic E-state index is -3.62. The summed E-state index contributed by atoms with van der Waals surface area (Å²) < 4.78 is 66.7. The summed E-state index contributed by atoms with van der Waals surface area (Å²) in [5.74, 6) is -5.78. The predicted molar refractivity (Wildman–Crippen MR) is 151 cm³/mol. The number of nitrogens with zero attached hydrogens (tertiary/aromatic N) is 2. The molecule has 0 aliphatic heterocycles. The van der Waals surface area contributed by atoms with Crippen LogP contribution in [0.5, 0.6) is 5.75 Å². The van der Waals surface area contributed by atoms with Gasteiger partial charge in [-0.2, -0.15) is 4.39 Å². The van der Waals surface area contributed by atoms with E-state index in [1.807, 2.05) is 0 Å². The van der Waals surface area contributed by atoms with E-state index in [0.29, 0.717) is 5.92 Å². The number of hydrogen-bond donors (Lipinski definition) is 0. The molecule has 3 nitrogen and oxygen atoms in total. The second-order valence-corrected chi connectivity index (χ2v) is 12.2. The Morgan fingerprint density at radius 2 is 1.65 bits per heavy atom. The number of aromatic nitrogens is 2. The summed E-state index contributed by atoms with van der Waals surface area (Å²) in [7, 11) is 0. The minimum absolute atomic E-state index is 0.0221. The zero-order valence-corrected chi connectivity index (χ0v) is 24.5. The molecule has 1 heterocycles. The summed E-state index contributed by atoms with van der Waals surface area (Å²) in [6.45, 7) is 6.91. The highest BCUT2D eigenvalue weighted by molar-refractivity contribution is 5.44. The van der Waals surface area contributed by atoms with Gasteiger partial charge in [0.25, 0.3) is 5.92 Å². The molecule has 4 rings (SSSR count). The number of benzene rings is 1. The number of unbranched alkanes of at least 4 members (excludes halogenated alkanes) is 3. The maximum atomic E-state index is 15.6. The molecule has 2 aromatic rings. The van der Waals surface area contributed by atoms with E-state index in [1.54, 1.807) is 12.4 Å². The molecule has 2 aliphatic carbocycles. The zero-order valence-electron chi connectivity index (χ0n) is 24.5. The molecule has 1 saturated carbocycles. The van der Waals surface area contributed by atoms with E-state index in [4.69, 9.17) is 4.74 Å². The standard InChI is InChI=1S/C33H46F4N2O/c1-4-22(3)11-8-9-12-23-20-38-32(39-21-23)27-17-16-26-19-28(30(34)31(35)29(26)33(27,36)37)40-18-10-6-7-13-24(5-2)25-14-15-25/h19-22,24-25,27H,4-18H2,1-3H3. The molecule has 2 aliphatic rings. The highest BCUT2D eigenvalue weighted by atomic mass is 19.3. The van der Waals surface area contributed by atoms with Gasteiger partial charge in [-0.15, -0.1) is 0 Å². The third-order valence-electron chi connectivity index (χ3n) is 9.16. The number of alkyl halides is 2. The molecule has 0 spiro atoms. The molecule has 7 heteroatoms. The van der Waals surface area contributed by atoms with E-state index in [0.717, 1.165) is 68.8 Å². The summed E-state index contributed by atoms with van der Waals surface area (Å²) in [6, 6.07) is 1.27. The second-order valence-electron chi connectivity index (χ2n) is 12.2. The van der Waals surface area contributed by atoms with Gasteiger partial charge in [-0.05, 0) is 79.9 Å². The number of hydrogen-bond acceptors (Lipinski definition) is 3. The first-order valence-corrected chi connectivity index (χ1v) is 15.6. The SMILES string of the molecule is CCC(C)CCCCc1cnc(C2CCc3cc(OCCCCCC(CC)C4CC4)c(F)c(F)c3C2(F)F)nc1. The van der Waals surface area contributed by atoms with Crippen molar-refractivity contribution in [2.45, 2.75) is 123 Å². The first-order valence-electron chi connectivity index (χ1n) is 15.6. The van der Waals surface area contributed by atoms with E-state index in [-0.39, 0.29) is 36.6 Å². The van der Waals surface area contributed by atoms with Crippen LogP contribution >= 0.6 is 0 Å². The normalized spacial score (nSPS) is 19.7. The second kappa shape index (κ2) is 14.1. The van der Waals surface area contributed by atoms with Gasteiger partial charge in [-0.3, -0.25) is 0 Å². The number of ether oxygens (including phenoxy) is 1. The van der Waals surface area contributed by atoms with Crippen molar-refractivity contribution >= 4 is 0 Å². The van der Waals surface area contributed by atoms with Crippen LogP contribution in [0, 0.1) is 29.4 Å². The average Bonchev–Trinajstić information content (AvgIpc) is 3.78. The van der Waals surface area contributed by atoms with Gasteiger partial charge in [-0.1, -0.05) is 65.7 Å². The van der Waals surface area contributed by atoms with Crippen LogP contribution in [0.1, 0.15) is 126 Å². The smallest absolute Gasteiger partial charge is 0.286 e. The minimum Gasteiger partial charge on any atom is -0.490 e. The Bertz CT molecular complexity index is 1090. The van der Waals surface area contributed by atoms with Gasteiger partial charge in [0.2, 0.25) is 5.82 Å². The van der Waals surface area contributed by atoms with Crippen molar-refractivity contribution in [3.63, 3.8) is 0 Å². The maximum Gasteiger partial charge on any atom is 0.286 e. The fourth-order valence-electron chi connectivity index (χ4n) is 6.17. The van der Waals surface area contributed by atoms with Crippen LogP contribution in [-0.2, 0) is 18.8 Å². The Hall–Kier alpha value is -2.18. The van der Waals surface area contributed by atoms with Crippen LogP contribution in [0.3, 0.4) is 0 Å². The van der Waals surface area contributed by atoms with Gasteiger partial charge in [0.1, 0.15) is 5.82 Å². The highest BCUT2D eigenvalue weighted by Gasteiger charge is 2.50. The van der Waals surface area contributed by atoms with Gasteiger partial charge in [0, 0.05) is 12.4 Å². The number of halogens is 4. The first kappa shape index (κ1) is 30.8. The van der Waals surface area contributed by atoms with E-state index >= 15 is 13.2 Å². The van der Waals surface area contributed by atoms with Crippen LogP contribution in [0.15, 0.2) is 18.5 Å². The lowest BCUT2D eigenvalue weighted by Gasteiger charge is -2.33. The van der Waals surface area contributed by atoms with Gasteiger partial charge in [0.15, 0.2) is 11.6 Å². The Kier molecular flexibility index (Phi) is 10.9. The summed E-state index contributed by atoms with van der Waals surface area (Å²) in [4.78, 5) is 8.47. The largest absolute Gasteiger partial charge is 0.490 e. The fraction of sp³-hybridized carbons (Fsp3) is 0.697. The molecule has 40 heavy (non-hydrogen) atoms. The monoisotopic (exact) mass is 562 g/mol. The number of fused-ring (bicyclic) bond motifs is 1. The van der Waals surface area contributed by atoms with Crippen molar-refractivity contribution in [2.75, 3.05) is 6.61 Å². The molecule has 1 aromatic heterocycles. The first-order chi connectivity index (χ1) is 19.3. The number of rotatable bonds is 16. The van der Waals surface area contributed by atoms with Gasteiger partial charge < -0.3 is 4.74 Å².